The van der Waals surface area contributed by atoms with Crippen LogP contribution >= 0.6 is 0 Å². The summed E-state index contributed by atoms with van der Waals surface area (Å²) in [5, 5.41) is 0. The molecule has 40 heavy (non-hydrogen) atoms. The molecule has 5 atom stereocenters. The lowest BCUT2D eigenvalue weighted by molar-refractivity contribution is -0.217. The molecule has 2 saturated heterocycles. The molecule has 1 unspecified atom stereocenters. The molecule has 2 aliphatic rings. The molecule has 0 aromatic heterocycles. The van der Waals surface area contributed by atoms with Gasteiger partial charge in [-0.2, -0.15) is 26.3 Å². The summed E-state index contributed by atoms with van der Waals surface area (Å²) in [4.78, 5) is 14.3. The monoisotopic (exact) mass is 577 g/mol. The summed E-state index contributed by atoms with van der Waals surface area (Å²) in [5.41, 5.74) is -3.35. The average Bonchev–Trinajstić information content (AvgIpc) is 3.27. The minimum atomic E-state index is -5.00. The molecule has 0 saturated carbocycles. The third-order valence-corrected chi connectivity index (χ3v) is 7.04. The SMILES string of the molecule is C[C@@H](OC1OC[C@@H]2CN(C(=O)OC(C)(C)C)C[C@H]2[C@@H]1c1ccc(F)cc1)c1cc(C(F)(F)F)cc(C(F)(F)F)c1. The van der Waals surface area contributed by atoms with Gasteiger partial charge in [-0.3, -0.25) is 0 Å². The zero-order valence-electron chi connectivity index (χ0n) is 22.3. The van der Waals surface area contributed by atoms with Gasteiger partial charge in [0.1, 0.15) is 11.4 Å². The van der Waals surface area contributed by atoms with E-state index in [1.54, 1.807) is 20.8 Å². The van der Waals surface area contributed by atoms with Crippen molar-refractivity contribution in [1.29, 1.82) is 0 Å². The van der Waals surface area contributed by atoms with E-state index in [2.05, 4.69) is 0 Å². The van der Waals surface area contributed by atoms with Crippen LogP contribution < -0.4 is 0 Å². The van der Waals surface area contributed by atoms with E-state index in [-0.39, 0.29) is 36.6 Å². The van der Waals surface area contributed by atoms with Gasteiger partial charge in [-0.1, -0.05) is 12.1 Å². The lowest BCUT2D eigenvalue weighted by atomic mass is 9.77. The Balaban J connectivity index is 1.64. The Morgan fingerprint density at radius 3 is 2.05 bits per heavy atom. The average molecular weight is 578 g/mol. The van der Waals surface area contributed by atoms with Crippen LogP contribution in [-0.4, -0.2) is 42.6 Å². The van der Waals surface area contributed by atoms with Crippen molar-refractivity contribution in [3.63, 3.8) is 0 Å². The van der Waals surface area contributed by atoms with Gasteiger partial charge in [0.15, 0.2) is 6.29 Å². The van der Waals surface area contributed by atoms with E-state index in [4.69, 9.17) is 14.2 Å². The van der Waals surface area contributed by atoms with Gasteiger partial charge in [0, 0.05) is 24.9 Å². The van der Waals surface area contributed by atoms with Crippen LogP contribution in [0.1, 0.15) is 62.0 Å². The first kappa shape index (κ1) is 30.1. The maximum absolute atomic E-state index is 13.7. The minimum Gasteiger partial charge on any atom is -0.444 e. The Morgan fingerprint density at radius 1 is 0.950 bits per heavy atom. The molecule has 2 aliphatic heterocycles. The molecule has 2 fully saturated rings. The summed E-state index contributed by atoms with van der Waals surface area (Å²) in [5.74, 6) is -1.49. The van der Waals surface area contributed by atoms with Gasteiger partial charge in [0.2, 0.25) is 0 Å². The summed E-state index contributed by atoms with van der Waals surface area (Å²) >= 11 is 0. The molecule has 2 heterocycles. The molecule has 0 aliphatic carbocycles. The largest absolute Gasteiger partial charge is 0.444 e. The first-order valence-corrected chi connectivity index (χ1v) is 12.7. The molecule has 0 radical (unpaired) electrons. The van der Waals surface area contributed by atoms with Gasteiger partial charge in [0.25, 0.3) is 0 Å². The number of hydrogen-bond acceptors (Lipinski definition) is 4. The molecule has 0 bridgehead atoms. The third kappa shape index (κ3) is 6.88. The number of nitrogens with zero attached hydrogens (tertiary/aromatic N) is 1. The zero-order valence-corrected chi connectivity index (χ0v) is 22.3. The fraction of sp³-hybridized carbons (Fsp3) is 0.536. The van der Waals surface area contributed by atoms with E-state index >= 15 is 0 Å². The molecular formula is C28H30F7NO4. The maximum Gasteiger partial charge on any atom is 0.416 e. The van der Waals surface area contributed by atoms with Gasteiger partial charge in [-0.15, -0.1) is 0 Å². The molecule has 4 rings (SSSR count). The molecule has 12 heteroatoms. The predicted octanol–water partition coefficient (Wildman–Crippen LogP) is 7.56. The minimum absolute atomic E-state index is 0.0586. The van der Waals surface area contributed by atoms with E-state index in [0.29, 0.717) is 24.2 Å². The molecule has 0 N–H and O–H groups in total. The Bertz CT molecular complexity index is 1170. The Labute approximate surface area is 227 Å². The summed E-state index contributed by atoms with van der Waals surface area (Å²) in [6.07, 6.45) is -12.8. The number of rotatable bonds is 4. The normalized spacial score (nSPS) is 24.5. The fourth-order valence-corrected chi connectivity index (χ4v) is 5.19. The first-order valence-electron chi connectivity index (χ1n) is 12.7. The van der Waals surface area contributed by atoms with Gasteiger partial charge in [-0.25, -0.2) is 9.18 Å². The topological polar surface area (TPSA) is 48.0 Å². The van der Waals surface area contributed by atoms with E-state index < -0.39 is 59.3 Å². The van der Waals surface area contributed by atoms with E-state index in [1.165, 1.54) is 36.1 Å². The zero-order chi connectivity index (χ0) is 29.6. The van der Waals surface area contributed by atoms with Crippen molar-refractivity contribution in [1.82, 2.24) is 4.90 Å². The van der Waals surface area contributed by atoms with Crippen LogP contribution in [0.2, 0.25) is 0 Å². The van der Waals surface area contributed by atoms with E-state index in [1.807, 2.05) is 0 Å². The van der Waals surface area contributed by atoms with Crippen molar-refractivity contribution in [2.75, 3.05) is 19.7 Å². The van der Waals surface area contributed by atoms with Crippen LogP contribution in [0.3, 0.4) is 0 Å². The molecular weight excluding hydrogens is 547 g/mol. The number of fused-ring (bicyclic) bond motifs is 1. The van der Waals surface area contributed by atoms with Crippen molar-refractivity contribution in [2.24, 2.45) is 11.8 Å². The van der Waals surface area contributed by atoms with Gasteiger partial charge >= 0.3 is 18.4 Å². The standard InChI is InChI=1S/C28H30F7NO4/c1-15(17-9-19(27(30,31)32)11-20(10-17)28(33,34)35)39-24-23(16-5-7-21(29)8-6-16)22-13-36(12-18(22)14-38-24)25(37)40-26(2,3)4/h5-11,15,18,22-24H,12-14H2,1-4H3/t15-,18+,22-,23+,24?/m1/s1. The van der Waals surface area contributed by atoms with Crippen LogP contribution in [0.4, 0.5) is 35.5 Å². The first-order chi connectivity index (χ1) is 18.4. The molecule has 0 spiro atoms. The van der Waals surface area contributed by atoms with Gasteiger partial charge in [-0.05, 0) is 75.1 Å². The third-order valence-electron chi connectivity index (χ3n) is 7.04. The molecule has 5 nitrogen and oxygen atoms in total. The van der Waals surface area contributed by atoms with Crippen molar-refractivity contribution in [2.45, 2.75) is 64.0 Å². The highest BCUT2D eigenvalue weighted by Gasteiger charge is 2.49. The fourth-order valence-electron chi connectivity index (χ4n) is 5.19. The van der Waals surface area contributed by atoms with Crippen molar-refractivity contribution in [3.8, 4) is 0 Å². The number of likely N-dealkylation sites (tertiary alicyclic amines) is 1. The molecule has 1 amide bonds. The van der Waals surface area contributed by atoms with E-state index in [0.717, 1.165) is 0 Å². The summed E-state index contributed by atoms with van der Waals surface area (Å²) in [6.45, 7) is 7.26. The predicted molar refractivity (Wildman–Crippen MR) is 130 cm³/mol. The molecule has 2 aromatic rings. The number of alkyl halides is 6. The van der Waals surface area contributed by atoms with Crippen molar-refractivity contribution in [3.05, 3.63) is 70.5 Å². The Morgan fingerprint density at radius 2 is 1.52 bits per heavy atom. The lowest BCUT2D eigenvalue weighted by Crippen LogP contribution is -2.42. The number of amides is 1. The number of hydrogen-bond donors (Lipinski definition) is 0. The number of carbonyl (C=O) groups excluding carboxylic acids is 1. The summed E-state index contributed by atoms with van der Waals surface area (Å²) in [6, 6.07) is 6.83. The van der Waals surface area contributed by atoms with Crippen molar-refractivity contribution < 1.29 is 49.7 Å². The van der Waals surface area contributed by atoms with Gasteiger partial charge < -0.3 is 19.1 Å². The number of halogens is 7. The highest BCUT2D eigenvalue weighted by atomic mass is 19.4. The molecule has 220 valence electrons. The molecule has 2 aromatic carbocycles. The highest BCUT2D eigenvalue weighted by molar-refractivity contribution is 5.68. The second kappa shape index (κ2) is 10.8. The van der Waals surface area contributed by atoms with Crippen LogP contribution in [0, 0.1) is 17.7 Å². The van der Waals surface area contributed by atoms with Crippen LogP contribution in [0.15, 0.2) is 42.5 Å². The van der Waals surface area contributed by atoms with E-state index in [9.17, 15) is 35.5 Å². The number of carbonyl (C=O) groups is 1. The Kier molecular flexibility index (Phi) is 8.16. The summed E-state index contributed by atoms with van der Waals surface area (Å²) in [7, 11) is 0. The smallest absolute Gasteiger partial charge is 0.416 e. The summed E-state index contributed by atoms with van der Waals surface area (Å²) < 4.78 is 112. The van der Waals surface area contributed by atoms with Crippen LogP contribution in [0.25, 0.3) is 0 Å². The van der Waals surface area contributed by atoms with Gasteiger partial charge in [0.05, 0.1) is 23.8 Å². The maximum atomic E-state index is 13.7. The number of benzene rings is 2. The van der Waals surface area contributed by atoms with Crippen LogP contribution in [0.5, 0.6) is 0 Å². The second-order valence-electron chi connectivity index (χ2n) is 11.2. The highest BCUT2D eigenvalue weighted by Crippen LogP contribution is 2.45. The number of ether oxygens (including phenoxy) is 3. The lowest BCUT2D eigenvalue weighted by Gasteiger charge is -2.40. The quantitative estimate of drug-likeness (QED) is 0.352. The Hall–Kier alpha value is -2.86. The van der Waals surface area contributed by atoms with Crippen LogP contribution in [-0.2, 0) is 26.6 Å². The second-order valence-corrected chi connectivity index (χ2v) is 11.2. The van der Waals surface area contributed by atoms with Crippen molar-refractivity contribution >= 4 is 6.09 Å².